The summed E-state index contributed by atoms with van der Waals surface area (Å²) < 4.78 is 1.26. The molecule has 4 aromatic rings. The van der Waals surface area contributed by atoms with Gasteiger partial charge in [-0.25, -0.2) is 0 Å². The normalized spacial score (nSPS) is 16.8. The fourth-order valence-corrected chi connectivity index (χ4v) is 10.1. The van der Waals surface area contributed by atoms with E-state index >= 15 is 0 Å². The standard InChI is InChI=1S/2C16H13.2ClH.In.Zr/c2*1-12-10-14-8-5-9-15(16(14)11-12)13-6-3-2-4-7-13;;;;/h2*2-11H,1H3;2*1H;;. The molecule has 36 heavy (non-hydrogen) atoms. The van der Waals surface area contributed by atoms with Crippen molar-refractivity contribution < 1.29 is 23.2 Å². The number of hydrogen-bond acceptors (Lipinski definition) is 0. The molecule has 2 unspecified atom stereocenters. The fourth-order valence-electron chi connectivity index (χ4n) is 5.45. The maximum Gasteiger partial charge on any atom is 0 e. The molecule has 0 heterocycles. The SMILES string of the molecule is CC1=Cc2c(-c3ccccc3)cccc2[CH]1[Zr][CH]1C(C)=Cc2c(-c3ccccc3)cccc21.Cl.Cl.[In]. The van der Waals surface area contributed by atoms with Crippen molar-refractivity contribution in [2.75, 3.05) is 0 Å². The Kier molecular flexibility index (Phi) is 10.2. The predicted octanol–water partition coefficient (Wildman–Crippen LogP) is 9.18. The van der Waals surface area contributed by atoms with Crippen molar-refractivity contribution in [2.24, 2.45) is 0 Å². The molecule has 0 aliphatic heterocycles. The molecule has 4 heteroatoms. The zero-order valence-corrected chi connectivity index (χ0v) is 27.8. The summed E-state index contributed by atoms with van der Waals surface area (Å²) in [6, 6.07) is 35.6. The minimum atomic E-state index is -0.835. The van der Waals surface area contributed by atoms with Crippen molar-refractivity contribution in [1.82, 2.24) is 0 Å². The average molecular weight is 690 g/mol. The minimum Gasteiger partial charge on any atom is -0.147 e. The van der Waals surface area contributed by atoms with Crippen LogP contribution in [0, 0.1) is 0 Å². The van der Waals surface area contributed by atoms with Gasteiger partial charge in [0.25, 0.3) is 0 Å². The summed E-state index contributed by atoms with van der Waals surface area (Å²) in [5, 5.41) is 0. The second kappa shape index (κ2) is 12.5. The van der Waals surface area contributed by atoms with Gasteiger partial charge >= 0.3 is 209 Å². The molecule has 3 radical (unpaired) electrons. The Morgan fingerprint density at radius 3 is 1.28 bits per heavy atom. The molecule has 2 atom stereocenters. The quantitative estimate of drug-likeness (QED) is 0.201. The molecule has 0 amide bonds. The number of halogens is 2. The van der Waals surface area contributed by atoms with Gasteiger partial charge in [0.1, 0.15) is 0 Å². The van der Waals surface area contributed by atoms with Crippen LogP contribution in [0.3, 0.4) is 0 Å². The fraction of sp³-hybridized carbons (Fsp3) is 0.125. The van der Waals surface area contributed by atoms with Crippen molar-refractivity contribution in [1.29, 1.82) is 0 Å². The van der Waals surface area contributed by atoms with Gasteiger partial charge in [0.15, 0.2) is 0 Å². The Labute approximate surface area is 257 Å². The molecule has 2 aliphatic carbocycles. The van der Waals surface area contributed by atoms with E-state index in [1.54, 1.807) is 22.3 Å². The Morgan fingerprint density at radius 1 is 0.500 bits per heavy atom. The van der Waals surface area contributed by atoms with Gasteiger partial charge < -0.3 is 0 Å². The van der Waals surface area contributed by atoms with Crippen molar-refractivity contribution in [3.05, 3.63) is 130 Å². The summed E-state index contributed by atoms with van der Waals surface area (Å²) in [5.41, 5.74) is 14.5. The third kappa shape index (κ3) is 5.30. The van der Waals surface area contributed by atoms with Crippen LogP contribution in [0.5, 0.6) is 0 Å². The first-order valence-electron chi connectivity index (χ1n) is 11.7. The molecule has 0 spiro atoms. The Balaban J connectivity index is 0.00000120. The van der Waals surface area contributed by atoms with Crippen molar-refractivity contribution in [2.45, 2.75) is 21.1 Å². The van der Waals surface area contributed by atoms with Crippen molar-refractivity contribution >= 4 is 62.8 Å². The van der Waals surface area contributed by atoms with Crippen LogP contribution in [0.25, 0.3) is 34.4 Å². The van der Waals surface area contributed by atoms with E-state index in [-0.39, 0.29) is 50.7 Å². The molecule has 4 aromatic carbocycles. The Hall–Kier alpha value is -1.31. The van der Waals surface area contributed by atoms with Gasteiger partial charge in [-0.05, 0) is 0 Å². The number of hydrogen-bond donors (Lipinski definition) is 0. The molecule has 0 nitrogen and oxygen atoms in total. The van der Waals surface area contributed by atoms with Gasteiger partial charge in [-0.2, -0.15) is 0 Å². The van der Waals surface area contributed by atoms with Gasteiger partial charge in [-0.15, -0.1) is 24.8 Å². The minimum absolute atomic E-state index is 0. The molecule has 2 aliphatic rings. The van der Waals surface area contributed by atoms with E-state index in [0.29, 0.717) is 7.25 Å². The first kappa shape index (κ1) is 29.3. The van der Waals surface area contributed by atoms with Crippen LogP contribution < -0.4 is 0 Å². The first-order valence-corrected chi connectivity index (χ1v) is 14.5. The van der Waals surface area contributed by atoms with E-state index < -0.39 is 23.2 Å². The maximum atomic E-state index is 2.47. The average Bonchev–Trinajstić information content (AvgIpc) is 3.36. The molecular formula is C32H28Cl2InZr. The van der Waals surface area contributed by atoms with E-state index in [9.17, 15) is 0 Å². The largest absolute Gasteiger partial charge is 0.147 e. The molecule has 0 fully saturated rings. The molecular weight excluding hydrogens is 661 g/mol. The molecule has 0 N–H and O–H groups in total. The van der Waals surface area contributed by atoms with Crippen LogP contribution in [0.2, 0.25) is 0 Å². The summed E-state index contributed by atoms with van der Waals surface area (Å²) in [4.78, 5) is 0. The Bertz CT molecular complexity index is 1300. The van der Waals surface area contributed by atoms with Crippen LogP contribution in [0.4, 0.5) is 0 Å². The predicted molar refractivity (Wildman–Crippen MR) is 157 cm³/mol. The first-order chi connectivity index (χ1) is 16.2. The van der Waals surface area contributed by atoms with Gasteiger partial charge in [0.2, 0.25) is 0 Å². The number of rotatable bonds is 4. The van der Waals surface area contributed by atoms with Crippen molar-refractivity contribution in [3.8, 4) is 22.3 Å². The van der Waals surface area contributed by atoms with Gasteiger partial charge in [0.05, 0.1) is 0 Å². The van der Waals surface area contributed by atoms with Crippen LogP contribution >= 0.6 is 24.8 Å². The van der Waals surface area contributed by atoms with E-state index in [1.807, 2.05) is 0 Å². The third-order valence-corrected chi connectivity index (χ3v) is 12.5. The summed E-state index contributed by atoms with van der Waals surface area (Å²) in [6.07, 6.45) is 4.94. The monoisotopic (exact) mass is 687 g/mol. The second-order valence-corrected chi connectivity index (χ2v) is 12.8. The Morgan fingerprint density at radius 2 is 0.889 bits per heavy atom. The molecule has 0 aromatic heterocycles. The second-order valence-electron chi connectivity index (χ2n) is 9.16. The topological polar surface area (TPSA) is 0 Å². The van der Waals surface area contributed by atoms with Crippen LogP contribution in [-0.4, -0.2) is 25.8 Å². The zero-order valence-electron chi connectivity index (χ0n) is 20.4. The van der Waals surface area contributed by atoms with Crippen LogP contribution in [0.15, 0.2) is 108 Å². The third-order valence-electron chi connectivity index (χ3n) is 7.06. The summed E-state index contributed by atoms with van der Waals surface area (Å²) in [5.74, 6) is 0. The smallest absolute Gasteiger partial charge is 0 e. The zero-order chi connectivity index (χ0) is 22.4. The van der Waals surface area contributed by atoms with Crippen molar-refractivity contribution in [3.63, 3.8) is 0 Å². The summed E-state index contributed by atoms with van der Waals surface area (Å²) >= 11 is -0.835. The maximum absolute atomic E-state index is 2.47. The van der Waals surface area contributed by atoms with Crippen LogP contribution in [-0.2, 0) is 23.2 Å². The molecule has 6 rings (SSSR count). The summed E-state index contributed by atoms with van der Waals surface area (Å²) in [7, 11) is 0. The molecule has 0 saturated heterocycles. The van der Waals surface area contributed by atoms with E-state index in [1.165, 1.54) is 33.4 Å². The molecule has 0 bridgehead atoms. The number of benzene rings is 4. The van der Waals surface area contributed by atoms with Gasteiger partial charge in [-0.1, -0.05) is 0 Å². The van der Waals surface area contributed by atoms with Gasteiger partial charge in [0, 0.05) is 25.8 Å². The molecule has 177 valence electrons. The van der Waals surface area contributed by atoms with E-state index in [4.69, 9.17) is 0 Å². The summed E-state index contributed by atoms with van der Waals surface area (Å²) in [6.45, 7) is 4.71. The van der Waals surface area contributed by atoms with Gasteiger partial charge in [-0.3, -0.25) is 0 Å². The molecule has 0 saturated carbocycles. The number of allylic oxidation sites excluding steroid dienone is 2. The number of fused-ring (bicyclic) bond motifs is 2. The van der Waals surface area contributed by atoms with E-state index in [2.05, 4.69) is 123 Å². The van der Waals surface area contributed by atoms with Crippen LogP contribution in [0.1, 0.15) is 43.4 Å². The van der Waals surface area contributed by atoms with E-state index in [0.717, 1.165) is 0 Å².